The van der Waals surface area contributed by atoms with E-state index < -0.39 is 4.92 Å². The second kappa shape index (κ2) is 5.61. The summed E-state index contributed by atoms with van der Waals surface area (Å²) >= 11 is 0. The van der Waals surface area contributed by atoms with E-state index in [0.717, 1.165) is 6.42 Å². The molecule has 0 atom stereocenters. The summed E-state index contributed by atoms with van der Waals surface area (Å²) in [6, 6.07) is 2.98. The highest BCUT2D eigenvalue weighted by molar-refractivity contribution is 5.93. The number of aromatic nitrogens is 2. The van der Waals surface area contributed by atoms with E-state index in [1.54, 1.807) is 6.07 Å². The molecule has 0 saturated heterocycles. The van der Waals surface area contributed by atoms with Gasteiger partial charge in [0, 0.05) is 19.2 Å². The van der Waals surface area contributed by atoms with Crippen LogP contribution in [0.2, 0.25) is 0 Å². The third-order valence-corrected chi connectivity index (χ3v) is 2.77. The number of hydrogen-bond donors (Lipinski definition) is 1. The molecule has 0 saturated carbocycles. The van der Waals surface area contributed by atoms with Crippen LogP contribution in [-0.4, -0.2) is 40.0 Å². The number of nitro groups is 1. The maximum Gasteiger partial charge on any atom is 0.300 e. The first-order valence-electron chi connectivity index (χ1n) is 5.94. The van der Waals surface area contributed by atoms with E-state index in [0.29, 0.717) is 24.3 Å². The minimum atomic E-state index is -0.521. The van der Waals surface area contributed by atoms with Gasteiger partial charge in [-0.05, 0) is 22.8 Å². The normalized spacial score (nSPS) is 10.8. The van der Waals surface area contributed by atoms with E-state index in [4.69, 9.17) is 5.11 Å². The maximum atomic E-state index is 10.9. The van der Waals surface area contributed by atoms with Crippen LogP contribution in [0.15, 0.2) is 16.8 Å². The second-order valence-corrected chi connectivity index (χ2v) is 4.03. The van der Waals surface area contributed by atoms with Gasteiger partial charge in [-0.25, -0.2) is 4.63 Å². The van der Waals surface area contributed by atoms with Crippen molar-refractivity contribution in [3.63, 3.8) is 0 Å². The largest absolute Gasteiger partial charge is 0.395 e. The molecule has 102 valence electrons. The molecule has 8 heteroatoms. The van der Waals surface area contributed by atoms with Crippen molar-refractivity contribution in [1.82, 2.24) is 10.3 Å². The first-order valence-corrected chi connectivity index (χ1v) is 5.94. The second-order valence-electron chi connectivity index (χ2n) is 4.03. The topological polar surface area (TPSA) is 106 Å². The minimum Gasteiger partial charge on any atom is -0.395 e. The van der Waals surface area contributed by atoms with Crippen molar-refractivity contribution in [2.24, 2.45) is 0 Å². The van der Waals surface area contributed by atoms with Crippen LogP contribution >= 0.6 is 0 Å². The number of hydrogen-bond acceptors (Lipinski definition) is 7. The molecule has 0 spiro atoms. The summed E-state index contributed by atoms with van der Waals surface area (Å²) in [7, 11) is 0. The predicted molar refractivity (Wildman–Crippen MR) is 68.0 cm³/mol. The van der Waals surface area contributed by atoms with E-state index in [2.05, 4.69) is 14.9 Å². The predicted octanol–water partition coefficient (Wildman–Crippen LogP) is 1.34. The average molecular weight is 266 g/mol. The maximum absolute atomic E-state index is 10.9. The van der Waals surface area contributed by atoms with Crippen molar-refractivity contribution in [1.29, 1.82) is 0 Å². The Morgan fingerprint density at radius 1 is 1.37 bits per heavy atom. The van der Waals surface area contributed by atoms with Gasteiger partial charge in [-0.15, -0.1) is 0 Å². The van der Waals surface area contributed by atoms with Gasteiger partial charge in [0.2, 0.25) is 5.52 Å². The van der Waals surface area contributed by atoms with Crippen molar-refractivity contribution in [3.05, 3.63) is 22.2 Å². The molecule has 1 heterocycles. The molecule has 2 rings (SSSR count). The molecular formula is C11H14N4O4. The van der Waals surface area contributed by atoms with Crippen molar-refractivity contribution >= 4 is 22.4 Å². The van der Waals surface area contributed by atoms with E-state index in [9.17, 15) is 10.1 Å². The fraction of sp³-hybridized carbons (Fsp3) is 0.455. The van der Waals surface area contributed by atoms with Gasteiger partial charge in [0.25, 0.3) is 0 Å². The van der Waals surface area contributed by atoms with Crippen molar-refractivity contribution in [3.8, 4) is 0 Å². The van der Waals surface area contributed by atoms with Crippen LogP contribution in [0.3, 0.4) is 0 Å². The zero-order chi connectivity index (χ0) is 13.8. The van der Waals surface area contributed by atoms with E-state index >= 15 is 0 Å². The third kappa shape index (κ3) is 2.48. The highest BCUT2D eigenvalue weighted by atomic mass is 16.6. The van der Waals surface area contributed by atoms with Crippen LogP contribution in [0.25, 0.3) is 11.0 Å². The van der Waals surface area contributed by atoms with Gasteiger partial charge in [-0.2, -0.15) is 0 Å². The summed E-state index contributed by atoms with van der Waals surface area (Å²) in [5.41, 5.74) is 1.01. The van der Waals surface area contributed by atoms with Crippen LogP contribution in [0, 0.1) is 10.1 Å². The Hall–Kier alpha value is -2.22. The average Bonchev–Trinajstić information content (AvgIpc) is 2.86. The van der Waals surface area contributed by atoms with Crippen LogP contribution in [0.4, 0.5) is 11.4 Å². The molecule has 0 amide bonds. The number of aliphatic hydroxyl groups is 1. The van der Waals surface area contributed by atoms with E-state index in [-0.39, 0.29) is 17.8 Å². The lowest BCUT2D eigenvalue weighted by Crippen LogP contribution is -2.27. The van der Waals surface area contributed by atoms with Gasteiger partial charge >= 0.3 is 5.69 Å². The summed E-state index contributed by atoms with van der Waals surface area (Å²) in [6.07, 6.45) is 0.879. The molecular weight excluding hydrogens is 252 g/mol. The lowest BCUT2D eigenvalue weighted by atomic mass is 10.2. The highest BCUT2D eigenvalue weighted by Crippen LogP contribution is 2.31. The van der Waals surface area contributed by atoms with Gasteiger partial charge in [-0.3, -0.25) is 10.1 Å². The number of anilines is 1. The Morgan fingerprint density at radius 2 is 2.11 bits per heavy atom. The number of benzene rings is 1. The lowest BCUT2D eigenvalue weighted by molar-refractivity contribution is -0.383. The van der Waals surface area contributed by atoms with Gasteiger partial charge in [0.05, 0.1) is 17.2 Å². The SMILES string of the molecule is CCCN(CCO)c1ccc([N+](=O)[O-])c2nonc12. The first kappa shape index (κ1) is 13.2. The van der Waals surface area contributed by atoms with Crippen LogP contribution in [-0.2, 0) is 0 Å². The fourth-order valence-electron chi connectivity index (χ4n) is 1.99. The molecule has 0 radical (unpaired) electrons. The molecule has 2 aromatic rings. The number of nitrogens with zero attached hydrogens (tertiary/aromatic N) is 4. The summed E-state index contributed by atoms with van der Waals surface area (Å²) < 4.78 is 4.61. The van der Waals surface area contributed by atoms with E-state index in [1.165, 1.54) is 6.07 Å². The Morgan fingerprint density at radius 3 is 2.74 bits per heavy atom. The molecule has 0 aliphatic rings. The van der Waals surface area contributed by atoms with Gasteiger partial charge in [0.15, 0.2) is 5.52 Å². The van der Waals surface area contributed by atoms with Crippen molar-refractivity contribution in [2.75, 3.05) is 24.6 Å². The van der Waals surface area contributed by atoms with Gasteiger partial charge in [0.1, 0.15) is 0 Å². The third-order valence-electron chi connectivity index (χ3n) is 2.77. The lowest BCUT2D eigenvalue weighted by Gasteiger charge is -2.22. The molecule has 0 aliphatic carbocycles. The Labute approximate surface area is 108 Å². The quantitative estimate of drug-likeness (QED) is 0.621. The Kier molecular flexibility index (Phi) is 3.91. The summed E-state index contributed by atoms with van der Waals surface area (Å²) in [5.74, 6) is 0. The van der Waals surface area contributed by atoms with Crippen LogP contribution in [0.5, 0.6) is 0 Å². The van der Waals surface area contributed by atoms with Crippen molar-refractivity contribution in [2.45, 2.75) is 13.3 Å². The first-order chi connectivity index (χ1) is 9.19. The summed E-state index contributed by atoms with van der Waals surface area (Å²) in [5, 5.41) is 27.3. The Balaban J connectivity index is 2.52. The smallest absolute Gasteiger partial charge is 0.300 e. The number of aliphatic hydroxyl groups excluding tert-OH is 1. The number of non-ortho nitro benzene ring substituents is 1. The molecule has 0 aliphatic heterocycles. The summed E-state index contributed by atoms with van der Waals surface area (Å²) in [4.78, 5) is 12.3. The molecule has 1 aromatic heterocycles. The number of rotatable bonds is 6. The fourth-order valence-corrected chi connectivity index (χ4v) is 1.99. The number of nitro benzene ring substituents is 1. The van der Waals surface area contributed by atoms with Crippen molar-refractivity contribution < 1.29 is 14.7 Å². The van der Waals surface area contributed by atoms with E-state index in [1.807, 2.05) is 11.8 Å². The zero-order valence-electron chi connectivity index (χ0n) is 10.4. The standard InChI is InChI=1S/C11H14N4O4/c1-2-5-14(6-7-16)8-3-4-9(15(17)18)11-10(8)12-19-13-11/h3-4,16H,2,5-7H2,1H3. The van der Waals surface area contributed by atoms with Crippen LogP contribution < -0.4 is 4.90 Å². The highest BCUT2D eigenvalue weighted by Gasteiger charge is 2.21. The molecule has 0 fully saturated rings. The molecule has 0 unspecified atom stereocenters. The molecule has 1 aromatic carbocycles. The zero-order valence-corrected chi connectivity index (χ0v) is 10.4. The number of fused-ring (bicyclic) bond motifs is 1. The molecule has 19 heavy (non-hydrogen) atoms. The van der Waals surface area contributed by atoms with Gasteiger partial charge < -0.3 is 10.0 Å². The van der Waals surface area contributed by atoms with Crippen LogP contribution in [0.1, 0.15) is 13.3 Å². The Bertz CT molecular complexity index is 577. The molecule has 0 bridgehead atoms. The molecule has 8 nitrogen and oxygen atoms in total. The minimum absolute atomic E-state index is 0.0102. The van der Waals surface area contributed by atoms with Gasteiger partial charge in [-0.1, -0.05) is 6.92 Å². The summed E-state index contributed by atoms with van der Waals surface area (Å²) in [6.45, 7) is 3.13. The monoisotopic (exact) mass is 266 g/mol. The molecule has 1 N–H and O–H groups in total.